The second kappa shape index (κ2) is 6.69. The van der Waals surface area contributed by atoms with Crippen molar-refractivity contribution in [2.24, 2.45) is 0 Å². The molecule has 0 radical (unpaired) electrons. The highest BCUT2D eigenvalue weighted by molar-refractivity contribution is 7.89. The summed E-state index contributed by atoms with van der Waals surface area (Å²) in [4.78, 5) is 0.190. The Balaban J connectivity index is 1.99. The van der Waals surface area contributed by atoms with Crippen LogP contribution in [-0.2, 0) is 16.4 Å². The molecule has 0 heterocycles. The van der Waals surface area contributed by atoms with Crippen molar-refractivity contribution in [1.82, 2.24) is 4.72 Å². The zero-order chi connectivity index (χ0) is 15.3. The van der Waals surface area contributed by atoms with Crippen molar-refractivity contribution in [2.45, 2.75) is 11.3 Å². The van der Waals surface area contributed by atoms with E-state index in [9.17, 15) is 12.8 Å². The quantitative estimate of drug-likeness (QED) is 0.861. The van der Waals surface area contributed by atoms with Gasteiger partial charge in [-0.15, -0.1) is 0 Å². The molecule has 0 aromatic heterocycles. The van der Waals surface area contributed by atoms with Gasteiger partial charge in [-0.25, -0.2) is 17.5 Å². The topological polar surface area (TPSA) is 58.2 Å². The number of halogens is 1. The number of sulfonamides is 1. The number of hydrogen-bond acceptors (Lipinski definition) is 3. The Kier molecular flexibility index (Phi) is 4.93. The van der Waals surface area contributed by atoms with Gasteiger partial charge in [-0.3, -0.25) is 0 Å². The molecule has 2 aromatic carbocycles. The first-order valence-corrected chi connectivity index (χ1v) is 8.02. The molecule has 112 valence electrons. The van der Waals surface area contributed by atoms with Crippen LogP contribution in [0, 0.1) is 5.82 Å². The molecule has 4 nitrogen and oxygen atoms in total. The molecule has 21 heavy (non-hydrogen) atoms. The molecule has 0 fully saturated rings. The van der Waals surface area contributed by atoms with Crippen LogP contribution in [0.4, 0.5) is 10.1 Å². The zero-order valence-electron chi connectivity index (χ0n) is 11.6. The summed E-state index contributed by atoms with van der Waals surface area (Å²) < 4.78 is 40.1. The van der Waals surface area contributed by atoms with Gasteiger partial charge < -0.3 is 5.32 Å². The van der Waals surface area contributed by atoms with Crippen LogP contribution >= 0.6 is 0 Å². The van der Waals surface area contributed by atoms with Crippen LogP contribution in [0.15, 0.2) is 53.4 Å². The highest BCUT2D eigenvalue weighted by Crippen LogP contribution is 2.13. The molecule has 0 saturated heterocycles. The van der Waals surface area contributed by atoms with Crippen LogP contribution in [0.25, 0.3) is 0 Å². The van der Waals surface area contributed by atoms with Crippen molar-refractivity contribution in [1.29, 1.82) is 0 Å². The van der Waals surface area contributed by atoms with Gasteiger partial charge in [-0.1, -0.05) is 18.2 Å². The van der Waals surface area contributed by atoms with Gasteiger partial charge in [-0.05, 0) is 42.3 Å². The van der Waals surface area contributed by atoms with Crippen molar-refractivity contribution in [2.75, 3.05) is 18.9 Å². The average Bonchev–Trinajstić information content (AvgIpc) is 2.49. The maximum Gasteiger partial charge on any atom is 0.240 e. The number of benzene rings is 2. The van der Waals surface area contributed by atoms with Gasteiger partial charge >= 0.3 is 0 Å². The van der Waals surface area contributed by atoms with Crippen LogP contribution in [0.2, 0.25) is 0 Å². The molecule has 0 unspecified atom stereocenters. The Morgan fingerprint density at radius 3 is 2.33 bits per heavy atom. The highest BCUT2D eigenvalue weighted by Gasteiger charge is 2.13. The molecule has 0 spiro atoms. The lowest BCUT2D eigenvalue weighted by molar-refractivity contribution is 0.577. The molecule has 6 heteroatoms. The fraction of sp³-hybridized carbons (Fsp3) is 0.200. The summed E-state index contributed by atoms with van der Waals surface area (Å²) in [6.45, 7) is 0.150. The molecule has 0 aliphatic carbocycles. The predicted octanol–water partition coefficient (Wildman–Crippen LogP) is 2.39. The molecule has 2 aromatic rings. The maximum atomic E-state index is 13.4. The van der Waals surface area contributed by atoms with E-state index in [0.717, 1.165) is 5.69 Å². The molecule has 0 aliphatic rings. The minimum Gasteiger partial charge on any atom is -0.388 e. The standard InChI is InChI=1S/C15H17FN2O2S/c1-17-13-6-8-14(9-7-13)21(19,20)18-11-10-12-4-2-3-5-15(12)16/h2-9,17-18H,10-11H2,1H3. The van der Waals surface area contributed by atoms with E-state index >= 15 is 0 Å². The van der Waals surface area contributed by atoms with Crippen LogP contribution in [0.1, 0.15) is 5.56 Å². The SMILES string of the molecule is CNc1ccc(S(=O)(=O)NCCc2ccccc2F)cc1. The molecule has 2 N–H and O–H groups in total. The number of rotatable bonds is 6. The number of anilines is 1. The largest absolute Gasteiger partial charge is 0.388 e. The summed E-state index contributed by atoms with van der Waals surface area (Å²) in [6, 6.07) is 12.8. The van der Waals surface area contributed by atoms with Gasteiger partial charge in [0.05, 0.1) is 4.90 Å². The van der Waals surface area contributed by atoms with Gasteiger partial charge in [0.2, 0.25) is 10.0 Å². The first-order valence-electron chi connectivity index (χ1n) is 6.54. The lowest BCUT2D eigenvalue weighted by Crippen LogP contribution is -2.26. The Morgan fingerprint density at radius 1 is 1.05 bits per heavy atom. The monoisotopic (exact) mass is 308 g/mol. The summed E-state index contributed by atoms with van der Waals surface area (Å²) in [5.41, 5.74) is 1.33. The molecule has 0 bridgehead atoms. The smallest absolute Gasteiger partial charge is 0.240 e. The second-order valence-electron chi connectivity index (χ2n) is 4.51. The molecular formula is C15H17FN2O2S. The zero-order valence-corrected chi connectivity index (χ0v) is 12.5. The fourth-order valence-electron chi connectivity index (χ4n) is 1.91. The van der Waals surface area contributed by atoms with E-state index in [1.807, 2.05) is 0 Å². The van der Waals surface area contributed by atoms with Crippen molar-refractivity contribution in [3.8, 4) is 0 Å². The second-order valence-corrected chi connectivity index (χ2v) is 6.28. The van der Waals surface area contributed by atoms with Crippen molar-refractivity contribution in [3.63, 3.8) is 0 Å². The van der Waals surface area contributed by atoms with E-state index in [1.54, 1.807) is 37.4 Å². The summed E-state index contributed by atoms with van der Waals surface area (Å²) in [7, 11) is -1.81. The van der Waals surface area contributed by atoms with Crippen molar-refractivity contribution in [3.05, 3.63) is 59.9 Å². The van der Waals surface area contributed by atoms with E-state index in [0.29, 0.717) is 12.0 Å². The van der Waals surface area contributed by atoms with Gasteiger partial charge in [0.1, 0.15) is 5.82 Å². The summed E-state index contributed by atoms with van der Waals surface area (Å²) in [6.07, 6.45) is 0.306. The van der Waals surface area contributed by atoms with Crippen molar-refractivity contribution >= 4 is 15.7 Å². The summed E-state index contributed by atoms with van der Waals surface area (Å²) in [5.74, 6) is -0.324. The van der Waals surface area contributed by atoms with Gasteiger partial charge in [0.15, 0.2) is 0 Å². The molecule has 0 amide bonds. The lowest BCUT2D eigenvalue weighted by Gasteiger charge is -2.08. The predicted molar refractivity (Wildman–Crippen MR) is 81.3 cm³/mol. The maximum absolute atomic E-state index is 13.4. The Morgan fingerprint density at radius 2 is 1.71 bits per heavy atom. The Labute approximate surface area is 124 Å². The third-order valence-corrected chi connectivity index (χ3v) is 4.57. The highest BCUT2D eigenvalue weighted by atomic mass is 32.2. The third-order valence-electron chi connectivity index (χ3n) is 3.10. The number of nitrogens with one attached hydrogen (secondary N) is 2. The van der Waals surface area contributed by atoms with Gasteiger partial charge in [0.25, 0.3) is 0 Å². The lowest BCUT2D eigenvalue weighted by atomic mass is 10.1. The molecule has 0 saturated carbocycles. The van der Waals surface area contributed by atoms with Crippen LogP contribution in [0.3, 0.4) is 0 Å². The first-order chi connectivity index (χ1) is 10.0. The number of hydrogen-bond donors (Lipinski definition) is 2. The molecule has 0 atom stereocenters. The van der Waals surface area contributed by atoms with Crippen LogP contribution < -0.4 is 10.0 Å². The normalized spacial score (nSPS) is 11.3. The minimum atomic E-state index is -3.57. The van der Waals surface area contributed by atoms with Gasteiger partial charge in [0, 0.05) is 19.3 Å². The average molecular weight is 308 g/mol. The third kappa shape index (κ3) is 4.03. The van der Waals surface area contributed by atoms with E-state index in [1.165, 1.54) is 18.2 Å². The fourth-order valence-corrected chi connectivity index (χ4v) is 2.94. The van der Waals surface area contributed by atoms with E-state index in [2.05, 4.69) is 10.0 Å². The Bertz CT molecular complexity index is 700. The summed E-state index contributed by atoms with van der Waals surface area (Å²) >= 11 is 0. The Hall–Kier alpha value is -1.92. The van der Waals surface area contributed by atoms with E-state index < -0.39 is 10.0 Å². The van der Waals surface area contributed by atoms with E-state index in [-0.39, 0.29) is 17.3 Å². The molecule has 2 rings (SSSR count). The van der Waals surface area contributed by atoms with Crippen LogP contribution in [0.5, 0.6) is 0 Å². The molecule has 0 aliphatic heterocycles. The van der Waals surface area contributed by atoms with E-state index in [4.69, 9.17) is 0 Å². The van der Waals surface area contributed by atoms with Crippen molar-refractivity contribution < 1.29 is 12.8 Å². The van der Waals surface area contributed by atoms with Crippen LogP contribution in [-0.4, -0.2) is 22.0 Å². The molecular weight excluding hydrogens is 291 g/mol. The minimum absolute atomic E-state index is 0.150. The van der Waals surface area contributed by atoms with Gasteiger partial charge in [-0.2, -0.15) is 0 Å². The first kappa shape index (κ1) is 15.5. The summed E-state index contributed by atoms with van der Waals surface area (Å²) in [5, 5.41) is 2.92.